The Bertz CT molecular complexity index is 780. The van der Waals surface area contributed by atoms with Gasteiger partial charge in [-0.15, -0.1) is 5.10 Å². The number of hydrogen-bond donors (Lipinski definition) is 1. The van der Waals surface area contributed by atoms with Gasteiger partial charge in [0.05, 0.1) is 11.6 Å². The normalized spacial score (nSPS) is 19.7. The highest BCUT2D eigenvalue weighted by molar-refractivity contribution is 5.89. The van der Waals surface area contributed by atoms with Crippen molar-refractivity contribution in [3.63, 3.8) is 0 Å². The Hall–Kier alpha value is -2.30. The number of benzene rings is 1. The fraction of sp³-hybridized carbons (Fsp3) is 0.474. The lowest BCUT2D eigenvalue weighted by Gasteiger charge is -2.34. The predicted octanol–water partition coefficient (Wildman–Crippen LogP) is 3.00. The number of para-hydroxylation sites is 1. The molecule has 24 heavy (non-hydrogen) atoms. The summed E-state index contributed by atoms with van der Waals surface area (Å²) in [5.74, 6) is 0.486. The van der Waals surface area contributed by atoms with Crippen molar-refractivity contribution in [1.29, 1.82) is 0 Å². The molecule has 1 aliphatic carbocycles. The fourth-order valence-corrected chi connectivity index (χ4v) is 4.17. The fourth-order valence-electron chi connectivity index (χ4n) is 4.17. The zero-order valence-corrected chi connectivity index (χ0v) is 14.2. The summed E-state index contributed by atoms with van der Waals surface area (Å²) >= 11 is 0. The van der Waals surface area contributed by atoms with E-state index in [1.165, 1.54) is 5.69 Å². The molecule has 2 aliphatic rings. The van der Waals surface area contributed by atoms with Crippen molar-refractivity contribution in [3.8, 4) is 0 Å². The van der Waals surface area contributed by atoms with Gasteiger partial charge in [0.1, 0.15) is 5.82 Å². The first-order chi connectivity index (χ1) is 11.7. The van der Waals surface area contributed by atoms with Gasteiger partial charge in [-0.1, -0.05) is 18.2 Å². The SMILES string of the molecule is CCN1CCC(C(=O)n2nc(N)c3c2CCCC3)c2ccccc21. The van der Waals surface area contributed by atoms with Crippen molar-refractivity contribution in [2.45, 2.75) is 44.9 Å². The van der Waals surface area contributed by atoms with Gasteiger partial charge in [-0.25, -0.2) is 4.68 Å². The van der Waals surface area contributed by atoms with E-state index >= 15 is 0 Å². The Morgan fingerprint density at radius 1 is 1.29 bits per heavy atom. The second-order valence-electron chi connectivity index (χ2n) is 6.75. The molecule has 2 aromatic rings. The van der Waals surface area contributed by atoms with Crippen molar-refractivity contribution >= 4 is 17.4 Å². The molecule has 0 amide bonds. The third kappa shape index (κ3) is 2.30. The number of nitrogen functional groups attached to an aromatic ring is 1. The van der Waals surface area contributed by atoms with E-state index in [4.69, 9.17) is 5.73 Å². The monoisotopic (exact) mass is 324 g/mol. The van der Waals surface area contributed by atoms with Gasteiger partial charge in [0.2, 0.25) is 0 Å². The molecule has 1 aromatic carbocycles. The summed E-state index contributed by atoms with van der Waals surface area (Å²) < 4.78 is 1.62. The molecular weight excluding hydrogens is 300 g/mol. The maximum absolute atomic E-state index is 13.3. The maximum Gasteiger partial charge on any atom is 0.254 e. The zero-order chi connectivity index (χ0) is 16.7. The second-order valence-corrected chi connectivity index (χ2v) is 6.75. The Kier molecular flexibility index (Phi) is 3.79. The highest BCUT2D eigenvalue weighted by atomic mass is 16.2. The molecule has 1 aromatic heterocycles. The van der Waals surface area contributed by atoms with E-state index in [2.05, 4.69) is 29.1 Å². The van der Waals surface area contributed by atoms with Gasteiger partial charge in [0, 0.05) is 24.3 Å². The van der Waals surface area contributed by atoms with E-state index in [-0.39, 0.29) is 11.8 Å². The number of nitrogens with zero attached hydrogens (tertiary/aromatic N) is 3. The summed E-state index contributed by atoms with van der Waals surface area (Å²) in [5, 5.41) is 4.41. The average molecular weight is 324 g/mol. The van der Waals surface area contributed by atoms with Crippen molar-refractivity contribution in [3.05, 3.63) is 41.1 Å². The van der Waals surface area contributed by atoms with Crippen LogP contribution in [-0.4, -0.2) is 28.8 Å². The summed E-state index contributed by atoms with van der Waals surface area (Å²) in [5.41, 5.74) is 10.5. The lowest BCUT2D eigenvalue weighted by Crippen LogP contribution is -2.35. The molecule has 2 N–H and O–H groups in total. The Morgan fingerprint density at radius 2 is 2.08 bits per heavy atom. The second kappa shape index (κ2) is 5.96. The molecule has 0 spiro atoms. The first-order valence-electron chi connectivity index (χ1n) is 8.95. The molecule has 2 heterocycles. The lowest BCUT2D eigenvalue weighted by molar-refractivity contribution is 0.0851. The molecular formula is C19H24N4O. The van der Waals surface area contributed by atoms with Gasteiger partial charge in [0.25, 0.3) is 5.91 Å². The molecule has 0 fully saturated rings. The number of aromatic nitrogens is 2. The summed E-state index contributed by atoms with van der Waals surface area (Å²) in [4.78, 5) is 15.6. The third-order valence-corrected chi connectivity index (χ3v) is 5.44. The Labute approximate surface area is 142 Å². The van der Waals surface area contributed by atoms with Crippen LogP contribution in [0.3, 0.4) is 0 Å². The van der Waals surface area contributed by atoms with Gasteiger partial charge in [0.15, 0.2) is 0 Å². The minimum Gasteiger partial charge on any atom is -0.382 e. The van der Waals surface area contributed by atoms with E-state index in [1.54, 1.807) is 4.68 Å². The van der Waals surface area contributed by atoms with Crippen LogP contribution < -0.4 is 10.6 Å². The van der Waals surface area contributed by atoms with E-state index in [0.717, 1.165) is 62.0 Å². The van der Waals surface area contributed by atoms with Gasteiger partial charge >= 0.3 is 0 Å². The van der Waals surface area contributed by atoms with Gasteiger partial charge in [-0.05, 0) is 50.7 Å². The molecule has 5 heteroatoms. The van der Waals surface area contributed by atoms with E-state index in [0.29, 0.717) is 5.82 Å². The quantitative estimate of drug-likeness (QED) is 0.922. The van der Waals surface area contributed by atoms with Crippen LogP contribution in [0.1, 0.15) is 53.7 Å². The van der Waals surface area contributed by atoms with Crippen molar-refractivity contribution < 1.29 is 4.79 Å². The summed E-state index contributed by atoms with van der Waals surface area (Å²) in [7, 11) is 0. The number of carbonyl (C=O) groups excluding carboxylic acids is 1. The van der Waals surface area contributed by atoms with E-state index in [1.807, 2.05) is 12.1 Å². The first-order valence-corrected chi connectivity index (χ1v) is 8.95. The molecule has 1 aliphatic heterocycles. The predicted molar refractivity (Wildman–Crippen MR) is 95.6 cm³/mol. The number of rotatable bonds is 2. The van der Waals surface area contributed by atoms with Crippen LogP contribution in [0.25, 0.3) is 0 Å². The van der Waals surface area contributed by atoms with Crippen molar-refractivity contribution in [2.24, 2.45) is 0 Å². The molecule has 0 radical (unpaired) electrons. The van der Waals surface area contributed by atoms with Crippen LogP contribution in [0.15, 0.2) is 24.3 Å². The largest absolute Gasteiger partial charge is 0.382 e. The first kappa shape index (κ1) is 15.2. The number of carbonyl (C=O) groups is 1. The van der Waals surface area contributed by atoms with Crippen LogP contribution in [0, 0.1) is 0 Å². The summed E-state index contributed by atoms with van der Waals surface area (Å²) in [6, 6.07) is 8.26. The third-order valence-electron chi connectivity index (χ3n) is 5.44. The molecule has 126 valence electrons. The van der Waals surface area contributed by atoms with Crippen LogP contribution in [-0.2, 0) is 12.8 Å². The maximum atomic E-state index is 13.3. The molecule has 4 rings (SSSR count). The standard InChI is InChI=1S/C19H24N4O/c1-2-22-12-11-14(13-7-3-5-9-16(13)22)19(24)23-17-10-6-4-8-15(17)18(20)21-23/h3,5,7,9,14H,2,4,6,8,10-12H2,1H3,(H2,20,21). The summed E-state index contributed by atoms with van der Waals surface area (Å²) in [6.45, 7) is 4.02. The molecule has 1 atom stereocenters. The topological polar surface area (TPSA) is 64.2 Å². The molecule has 0 bridgehead atoms. The van der Waals surface area contributed by atoms with Gasteiger partial charge < -0.3 is 10.6 Å². The van der Waals surface area contributed by atoms with Crippen LogP contribution in [0.5, 0.6) is 0 Å². The highest BCUT2D eigenvalue weighted by Crippen LogP contribution is 2.37. The molecule has 0 saturated heterocycles. The van der Waals surface area contributed by atoms with Gasteiger partial charge in [-0.3, -0.25) is 4.79 Å². The number of hydrogen-bond acceptors (Lipinski definition) is 4. The van der Waals surface area contributed by atoms with E-state index in [9.17, 15) is 4.79 Å². The van der Waals surface area contributed by atoms with Crippen LogP contribution in [0.2, 0.25) is 0 Å². The molecule has 0 saturated carbocycles. The highest BCUT2D eigenvalue weighted by Gasteiger charge is 2.33. The summed E-state index contributed by atoms with van der Waals surface area (Å²) in [6.07, 6.45) is 4.92. The van der Waals surface area contributed by atoms with Crippen molar-refractivity contribution in [2.75, 3.05) is 23.7 Å². The number of anilines is 2. The average Bonchev–Trinajstić information content (AvgIpc) is 2.97. The van der Waals surface area contributed by atoms with Crippen LogP contribution >= 0.6 is 0 Å². The van der Waals surface area contributed by atoms with E-state index < -0.39 is 0 Å². The van der Waals surface area contributed by atoms with Crippen LogP contribution in [0.4, 0.5) is 11.5 Å². The van der Waals surface area contributed by atoms with Crippen molar-refractivity contribution in [1.82, 2.24) is 9.78 Å². The zero-order valence-electron chi connectivity index (χ0n) is 14.2. The Morgan fingerprint density at radius 3 is 2.92 bits per heavy atom. The molecule has 1 unspecified atom stereocenters. The minimum absolute atomic E-state index is 0.0769. The number of fused-ring (bicyclic) bond motifs is 2. The smallest absolute Gasteiger partial charge is 0.254 e. The Balaban J connectivity index is 1.73. The number of nitrogens with two attached hydrogens (primary N) is 1. The minimum atomic E-state index is -0.130. The van der Waals surface area contributed by atoms with Gasteiger partial charge in [-0.2, -0.15) is 0 Å². The lowest BCUT2D eigenvalue weighted by atomic mass is 9.88. The molecule has 5 nitrogen and oxygen atoms in total.